The molecule has 2 aliphatic rings. The van der Waals surface area contributed by atoms with Crippen LogP contribution in [0.5, 0.6) is 0 Å². The van der Waals surface area contributed by atoms with Crippen LogP contribution in [0.15, 0.2) is 36.4 Å². The van der Waals surface area contributed by atoms with Crippen LogP contribution in [0.1, 0.15) is 49.9 Å². The Hall–Kier alpha value is -3.46. The molecule has 0 saturated carbocycles. The molecule has 0 bridgehead atoms. The van der Waals surface area contributed by atoms with E-state index in [4.69, 9.17) is 9.84 Å². The molecule has 1 N–H and O–H groups in total. The zero-order valence-corrected chi connectivity index (χ0v) is 19.5. The maximum absolute atomic E-state index is 13.4. The molecule has 3 aromatic rings. The lowest BCUT2D eigenvalue weighted by molar-refractivity contribution is 0.0296. The second kappa shape index (κ2) is 9.80. The fourth-order valence-electron chi connectivity index (χ4n) is 4.70. The molecule has 178 valence electrons. The number of ether oxygens (including phenoxy) is 1. The molecule has 5 rings (SSSR count). The first-order valence-corrected chi connectivity index (χ1v) is 11.9. The summed E-state index contributed by atoms with van der Waals surface area (Å²) >= 11 is 0. The van der Waals surface area contributed by atoms with Gasteiger partial charge in [0.1, 0.15) is 5.69 Å². The quantitative estimate of drug-likeness (QED) is 0.606. The summed E-state index contributed by atoms with van der Waals surface area (Å²) in [7, 11) is 0. The van der Waals surface area contributed by atoms with Crippen molar-refractivity contribution in [3.63, 3.8) is 0 Å². The highest BCUT2D eigenvalue weighted by Gasteiger charge is 2.33. The standard InChI is InChI=1S/C25H30N6O3/c1-18-16-21(27-26-18)24(32)30-11-9-22-20(17-30)23(25(33)29-12-14-34-15-13-29)28-31(22)10-5-8-19-6-3-2-4-7-19/h2-4,6-7,16H,5,8-15,17H2,1H3,(H,26,27). The third-order valence-corrected chi connectivity index (χ3v) is 6.53. The fraction of sp³-hybridized carbons (Fsp3) is 0.440. The highest BCUT2D eigenvalue weighted by Crippen LogP contribution is 2.26. The second-order valence-electron chi connectivity index (χ2n) is 8.90. The Morgan fingerprint density at radius 2 is 1.85 bits per heavy atom. The Bertz CT molecular complexity index is 1160. The van der Waals surface area contributed by atoms with E-state index in [2.05, 4.69) is 34.5 Å². The second-order valence-corrected chi connectivity index (χ2v) is 8.90. The third-order valence-electron chi connectivity index (χ3n) is 6.53. The van der Waals surface area contributed by atoms with Gasteiger partial charge < -0.3 is 14.5 Å². The number of amides is 2. The molecule has 2 amide bonds. The summed E-state index contributed by atoms with van der Waals surface area (Å²) < 4.78 is 7.41. The van der Waals surface area contributed by atoms with Gasteiger partial charge in [0.15, 0.2) is 5.69 Å². The van der Waals surface area contributed by atoms with Crippen molar-refractivity contribution in [2.24, 2.45) is 0 Å². The van der Waals surface area contributed by atoms with Gasteiger partial charge in [-0.15, -0.1) is 0 Å². The Labute approximate surface area is 198 Å². The number of nitrogens with zero attached hydrogens (tertiary/aromatic N) is 5. The minimum absolute atomic E-state index is 0.0775. The lowest BCUT2D eigenvalue weighted by Crippen LogP contribution is -2.42. The largest absolute Gasteiger partial charge is 0.378 e. The molecule has 0 aliphatic carbocycles. The molecular weight excluding hydrogens is 432 g/mol. The molecule has 0 radical (unpaired) electrons. The minimum atomic E-state index is -0.128. The summed E-state index contributed by atoms with van der Waals surface area (Å²) in [6.45, 7) is 5.74. The predicted molar refractivity (Wildman–Crippen MR) is 125 cm³/mol. The molecule has 2 aliphatic heterocycles. The zero-order chi connectivity index (χ0) is 23.5. The van der Waals surface area contributed by atoms with E-state index in [1.165, 1.54) is 5.56 Å². The number of aryl methyl sites for hydroxylation is 3. The molecule has 34 heavy (non-hydrogen) atoms. The Morgan fingerprint density at radius 1 is 1.06 bits per heavy atom. The van der Waals surface area contributed by atoms with E-state index in [0.29, 0.717) is 57.2 Å². The monoisotopic (exact) mass is 462 g/mol. The van der Waals surface area contributed by atoms with Gasteiger partial charge in [0.25, 0.3) is 11.8 Å². The topological polar surface area (TPSA) is 96.4 Å². The zero-order valence-electron chi connectivity index (χ0n) is 19.5. The van der Waals surface area contributed by atoms with Gasteiger partial charge in [-0.25, -0.2) is 0 Å². The Kier molecular flexibility index (Phi) is 6.44. The number of hydrogen-bond acceptors (Lipinski definition) is 5. The summed E-state index contributed by atoms with van der Waals surface area (Å²) in [6, 6.07) is 12.1. The predicted octanol–water partition coefficient (Wildman–Crippen LogP) is 2.22. The smallest absolute Gasteiger partial charge is 0.274 e. The van der Waals surface area contributed by atoms with Gasteiger partial charge in [0, 0.05) is 49.6 Å². The van der Waals surface area contributed by atoms with E-state index < -0.39 is 0 Å². The third kappa shape index (κ3) is 4.61. The van der Waals surface area contributed by atoms with Gasteiger partial charge >= 0.3 is 0 Å². The van der Waals surface area contributed by atoms with E-state index >= 15 is 0 Å². The average molecular weight is 463 g/mol. The van der Waals surface area contributed by atoms with Gasteiger partial charge in [-0.3, -0.25) is 19.4 Å². The minimum Gasteiger partial charge on any atom is -0.378 e. The highest BCUT2D eigenvalue weighted by molar-refractivity contribution is 5.95. The van der Waals surface area contributed by atoms with Gasteiger partial charge in [-0.1, -0.05) is 30.3 Å². The molecule has 2 aromatic heterocycles. The van der Waals surface area contributed by atoms with Gasteiger partial charge in [0.2, 0.25) is 0 Å². The number of H-pyrrole nitrogens is 1. The molecule has 4 heterocycles. The van der Waals surface area contributed by atoms with Crippen LogP contribution in [0.4, 0.5) is 0 Å². The van der Waals surface area contributed by atoms with Gasteiger partial charge in [0.05, 0.1) is 19.8 Å². The van der Waals surface area contributed by atoms with Gasteiger partial charge in [-0.2, -0.15) is 10.2 Å². The summed E-state index contributed by atoms with van der Waals surface area (Å²) in [5.74, 6) is -0.206. The van der Waals surface area contributed by atoms with E-state index in [-0.39, 0.29) is 11.8 Å². The first-order valence-electron chi connectivity index (χ1n) is 11.9. The van der Waals surface area contributed by atoms with Crippen LogP contribution in [0, 0.1) is 6.92 Å². The number of carbonyl (C=O) groups excluding carboxylic acids is 2. The van der Waals surface area contributed by atoms with Crippen LogP contribution < -0.4 is 0 Å². The number of aromatic nitrogens is 4. The summed E-state index contributed by atoms with van der Waals surface area (Å²) in [6.07, 6.45) is 2.54. The number of rotatable bonds is 6. The number of fused-ring (bicyclic) bond motifs is 1. The van der Waals surface area contributed by atoms with Crippen molar-refractivity contribution in [1.29, 1.82) is 0 Å². The van der Waals surface area contributed by atoms with Crippen molar-refractivity contribution in [3.05, 3.63) is 70.3 Å². The van der Waals surface area contributed by atoms with Crippen molar-refractivity contribution in [2.75, 3.05) is 32.8 Å². The highest BCUT2D eigenvalue weighted by atomic mass is 16.5. The molecule has 9 nitrogen and oxygen atoms in total. The molecule has 0 spiro atoms. The van der Waals surface area contributed by atoms with Crippen molar-refractivity contribution < 1.29 is 14.3 Å². The number of aromatic amines is 1. The molecule has 0 unspecified atom stereocenters. The number of carbonyl (C=O) groups is 2. The summed E-state index contributed by atoms with van der Waals surface area (Å²) in [5.41, 5.74) is 4.93. The number of benzene rings is 1. The molecular formula is C25H30N6O3. The van der Waals surface area contributed by atoms with Crippen LogP contribution >= 0.6 is 0 Å². The molecule has 1 saturated heterocycles. The van der Waals surface area contributed by atoms with Crippen LogP contribution in [0.3, 0.4) is 0 Å². The fourth-order valence-corrected chi connectivity index (χ4v) is 4.70. The molecule has 1 fully saturated rings. The normalized spacial score (nSPS) is 15.9. The van der Waals surface area contributed by atoms with E-state index in [1.54, 1.807) is 15.9 Å². The summed E-state index contributed by atoms with van der Waals surface area (Å²) in [5, 5.41) is 11.8. The molecule has 9 heteroatoms. The molecule has 0 atom stereocenters. The SMILES string of the molecule is Cc1cc(C(=O)N2CCc3c(c(C(=O)N4CCOCC4)nn3CCCc3ccccc3)C2)n[nH]1. The van der Waals surface area contributed by atoms with E-state index in [9.17, 15) is 9.59 Å². The lowest BCUT2D eigenvalue weighted by atomic mass is 10.0. The number of morpholine rings is 1. The van der Waals surface area contributed by atoms with Crippen molar-refractivity contribution in [1.82, 2.24) is 29.8 Å². The maximum atomic E-state index is 13.4. The van der Waals surface area contributed by atoms with Crippen LogP contribution in [-0.2, 0) is 30.7 Å². The first-order chi connectivity index (χ1) is 16.6. The Balaban J connectivity index is 1.38. The van der Waals surface area contributed by atoms with Gasteiger partial charge in [-0.05, 0) is 31.4 Å². The Morgan fingerprint density at radius 3 is 2.59 bits per heavy atom. The lowest BCUT2D eigenvalue weighted by Gasteiger charge is -2.29. The van der Waals surface area contributed by atoms with Crippen LogP contribution in [0.25, 0.3) is 0 Å². The molecule has 1 aromatic carbocycles. The number of nitrogens with one attached hydrogen (secondary N) is 1. The van der Waals surface area contributed by atoms with E-state index in [1.807, 2.05) is 17.7 Å². The average Bonchev–Trinajstić information content (AvgIpc) is 3.48. The van der Waals surface area contributed by atoms with Crippen molar-refractivity contribution in [3.8, 4) is 0 Å². The number of hydrogen-bond donors (Lipinski definition) is 1. The van der Waals surface area contributed by atoms with Crippen LogP contribution in [0.2, 0.25) is 0 Å². The van der Waals surface area contributed by atoms with Crippen molar-refractivity contribution >= 4 is 11.8 Å². The van der Waals surface area contributed by atoms with Crippen molar-refractivity contribution in [2.45, 2.75) is 39.3 Å². The van der Waals surface area contributed by atoms with Crippen LogP contribution in [-0.4, -0.2) is 74.4 Å². The van der Waals surface area contributed by atoms with E-state index in [0.717, 1.165) is 36.3 Å². The summed E-state index contributed by atoms with van der Waals surface area (Å²) in [4.78, 5) is 30.0. The maximum Gasteiger partial charge on any atom is 0.274 e. The first kappa shape index (κ1) is 22.3.